The van der Waals surface area contributed by atoms with Gasteiger partial charge in [0.25, 0.3) is 0 Å². The summed E-state index contributed by atoms with van der Waals surface area (Å²) in [5, 5.41) is 16.7. The molecule has 0 aliphatic rings. The first kappa shape index (κ1) is 14.8. The molecule has 2 heterocycles. The Balaban J connectivity index is 2.39. The van der Waals surface area contributed by atoms with E-state index in [-0.39, 0.29) is 4.34 Å². The van der Waals surface area contributed by atoms with E-state index in [2.05, 4.69) is 15.2 Å². The molecule has 2 rings (SSSR count). The highest BCUT2D eigenvalue weighted by molar-refractivity contribution is 8.00. The van der Waals surface area contributed by atoms with Gasteiger partial charge in [-0.2, -0.15) is 13.2 Å². The van der Waals surface area contributed by atoms with Crippen molar-refractivity contribution in [1.29, 1.82) is 0 Å². The summed E-state index contributed by atoms with van der Waals surface area (Å²) in [6, 6.07) is 0. The van der Waals surface area contributed by atoms with Crippen LogP contribution in [0.5, 0.6) is 0 Å². The van der Waals surface area contributed by atoms with Crippen molar-refractivity contribution in [3.63, 3.8) is 0 Å². The van der Waals surface area contributed by atoms with E-state index in [1.807, 2.05) is 0 Å². The maximum atomic E-state index is 12.7. The summed E-state index contributed by atoms with van der Waals surface area (Å²) in [6.07, 6.45) is -4.81. The Kier molecular flexibility index (Phi) is 3.73. The monoisotopic (exact) mass is 324 g/mol. The van der Waals surface area contributed by atoms with E-state index in [1.165, 1.54) is 0 Å². The lowest BCUT2D eigenvalue weighted by Crippen LogP contribution is -2.11. The third-order valence-electron chi connectivity index (χ3n) is 2.30. The van der Waals surface area contributed by atoms with Gasteiger partial charge in [-0.3, -0.25) is 0 Å². The largest absolute Gasteiger partial charge is 0.477 e. The average molecular weight is 324 g/mol. The molecule has 2 aromatic rings. The Morgan fingerprint density at radius 1 is 1.40 bits per heavy atom. The fourth-order valence-corrected chi connectivity index (χ4v) is 3.18. The van der Waals surface area contributed by atoms with Gasteiger partial charge >= 0.3 is 12.1 Å². The van der Waals surface area contributed by atoms with Crippen LogP contribution in [-0.4, -0.2) is 30.8 Å². The highest BCUT2D eigenvalue weighted by Gasteiger charge is 2.40. The molecule has 0 atom stereocenters. The van der Waals surface area contributed by atoms with E-state index in [0.717, 1.165) is 11.8 Å². The molecule has 1 N–H and O–H groups in total. The van der Waals surface area contributed by atoms with Crippen molar-refractivity contribution < 1.29 is 23.1 Å². The molecule has 0 unspecified atom stereocenters. The molecule has 0 saturated heterocycles. The smallest absolute Gasteiger partial charge is 0.435 e. The predicted octanol–water partition coefficient (Wildman–Crippen LogP) is 2.45. The minimum atomic E-state index is -4.81. The van der Waals surface area contributed by atoms with Gasteiger partial charge in [0, 0.05) is 7.05 Å². The number of carboxylic acids is 1. The predicted molar refractivity (Wildman–Crippen MR) is 63.9 cm³/mol. The molecule has 0 aromatic carbocycles. The van der Waals surface area contributed by atoms with Crippen LogP contribution >= 0.6 is 23.1 Å². The second-order valence-electron chi connectivity index (χ2n) is 3.65. The number of carbonyl (C=O) groups is 1. The molecular weight excluding hydrogens is 317 g/mol. The Labute approximate surface area is 118 Å². The fourth-order valence-electron chi connectivity index (χ4n) is 1.24. The lowest BCUT2D eigenvalue weighted by Gasteiger charge is -2.02. The fraction of sp³-hybridized carbons (Fsp3) is 0.333. The molecule has 0 aliphatic heterocycles. The normalized spacial score (nSPS) is 11.8. The van der Waals surface area contributed by atoms with Crippen molar-refractivity contribution in [3.05, 3.63) is 16.4 Å². The summed E-state index contributed by atoms with van der Waals surface area (Å²) >= 11 is 1.30. The lowest BCUT2D eigenvalue weighted by molar-refractivity contribution is -0.141. The molecule has 0 bridgehead atoms. The van der Waals surface area contributed by atoms with E-state index in [9.17, 15) is 18.0 Å². The number of hydrogen-bond donors (Lipinski definition) is 1. The summed E-state index contributed by atoms with van der Waals surface area (Å²) in [5.41, 5.74) is -1.39. The van der Waals surface area contributed by atoms with Crippen molar-refractivity contribution in [2.24, 2.45) is 7.05 Å². The van der Waals surface area contributed by atoms with E-state index < -0.39 is 22.7 Å². The van der Waals surface area contributed by atoms with Gasteiger partial charge in [-0.1, -0.05) is 11.3 Å². The number of aromatic nitrogens is 4. The minimum absolute atomic E-state index is 0.0507. The van der Waals surface area contributed by atoms with Crippen LogP contribution in [-0.2, 0) is 13.2 Å². The number of hydrogen-bond acceptors (Lipinski definition) is 6. The first-order chi connectivity index (χ1) is 9.20. The van der Waals surface area contributed by atoms with Gasteiger partial charge in [-0.15, -0.1) is 10.2 Å². The Hall–Kier alpha value is -1.62. The van der Waals surface area contributed by atoms with Gasteiger partial charge in [-0.25, -0.2) is 9.78 Å². The first-order valence-corrected chi connectivity index (χ1v) is 6.68. The number of carboxylic acid groups (broad SMARTS) is 1. The number of nitrogens with zero attached hydrogens (tertiary/aromatic N) is 4. The molecule has 20 heavy (non-hydrogen) atoms. The van der Waals surface area contributed by atoms with E-state index in [4.69, 9.17) is 5.11 Å². The number of aryl methyl sites for hydroxylation is 1. The molecule has 0 aliphatic carbocycles. The summed E-state index contributed by atoms with van der Waals surface area (Å²) < 4.78 is 39.6. The van der Waals surface area contributed by atoms with Gasteiger partial charge in [0.2, 0.25) is 0 Å². The zero-order valence-electron chi connectivity index (χ0n) is 10.1. The maximum absolute atomic E-state index is 12.7. The van der Waals surface area contributed by atoms with Crippen LogP contribution < -0.4 is 0 Å². The molecule has 108 valence electrons. The molecule has 11 heteroatoms. The van der Waals surface area contributed by atoms with Gasteiger partial charge in [0.05, 0.1) is 0 Å². The molecule has 0 radical (unpaired) electrons. The van der Waals surface area contributed by atoms with Crippen molar-refractivity contribution in [2.75, 3.05) is 0 Å². The quantitative estimate of drug-likeness (QED) is 0.934. The average Bonchev–Trinajstić information content (AvgIpc) is 2.88. The summed E-state index contributed by atoms with van der Waals surface area (Å²) in [7, 11) is 1.65. The summed E-state index contributed by atoms with van der Waals surface area (Å²) in [5.74, 6) is -1.07. The van der Waals surface area contributed by atoms with Crippen LogP contribution in [0.2, 0.25) is 0 Å². The molecule has 0 saturated carbocycles. The van der Waals surface area contributed by atoms with Gasteiger partial charge in [0.15, 0.2) is 15.2 Å². The van der Waals surface area contributed by atoms with Gasteiger partial charge in [0.1, 0.15) is 10.7 Å². The molecule has 0 amide bonds. The Morgan fingerprint density at radius 3 is 2.45 bits per heavy atom. The van der Waals surface area contributed by atoms with Crippen molar-refractivity contribution in [1.82, 2.24) is 19.7 Å². The van der Waals surface area contributed by atoms with Crippen molar-refractivity contribution in [2.45, 2.75) is 22.6 Å². The zero-order valence-corrected chi connectivity index (χ0v) is 11.7. The standard InChI is InChI=1S/C9H7F3N4O2S2/c1-3-14-15-7(16(3)2)20-8-13-5(9(10,11)12)4(19-8)6(17)18/h1-2H3,(H,17,18). The lowest BCUT2D eigenvalue weighted by atomic mass is 10.3. The topological polar surface area (TPSA) is 80.9 Å². The molecule has 2 aromatic heterocycles. The number of alkyl halides is 3. The van der Waals surface area contributed by atoms with Crippen LogP contribution in [0, 0.1) is 6.92 Å². The SMILES string of the molecule is Cc1nnc(Sc2nc(C(F)(F)F)c(C(=O)O)s2)n1C. The highest BCUT2D eigenvalue weighted by Crippen LogP contribution is 2.39. The molecule has 0 fully saturated rings. The maximum Gasteiger partial charge on any atom is 0.435 e. The summed E-state index contributed by atoms with van der Waals surface area (Å²) in [4.78, 5) is 13.3. The Bertz CT molecular complexity index is 665. The minimum Gasteiger partial charge on any atom is -0.477 e. The van der Waals surface area contributed by atoms with Gasteiger partial charge in [-0.05, 0) is 18.7 Å². The molecule has 6 nitrogen and oxygen atoms in total. The number of aromatic carboxylic acids is 1. The zero-order chi connectivity index (χ0) is 15.1. The van der Waals surface area contributed by atoms with E-state index in [0.29, 0.717) is 22.3 Å². The third kappa shape index (κ3) is 2.77. The number of rotatable bonds is 3. The first-order valence-electron chi connectivity index (χ1n) is 5.05. The second-order valence-corrected chi connectivity index (χ2v) is 5.86. The van der Waals surface area contributed by atoms with Gasteiger partial charge < -0.3 is 9.67 Å². The van der Waals surface area contributed by atoms with Crippen LogP contribution in [0.25, 0.3) is 0 Å². The number of thiazole rings is 1. The third-order valence-corrected chi connectivity index (χ3v) is 4.44. The molecular formula is C9H7F3N4O2S2. The highest BCUT2D eigenvalue weighted by atomic mass is 32.2. The second kappa shape index (κ2) is 5.05. The van der Waals surface area contributed by atoms with E-state index >= 15 is 0 Å². The number of halogens is 3. The van der Waals surface area contributed by atoms with E-state index in [1.54, 1.807) is 18.5 Å². The Morgan fingerprint density at radius 2 is 2.05 bits per heavy atom. The van der Waals surface area contributed by atoms with Crippen LogP contribution in [0.3, 0.4) is 0 Å². The van der Waals surface area contributed by atoms with Crippen LogP contribution in [0.15, 0.2) is 9.50 Å². The van der Waals surface area contributed by atoms with Crippen molar-refractivity contribution >= 4 is 29.1 Å². The van der Waals surface area contributed by atoms with Crippen LogP contribution in [0.1, 0.15) is 21.2 Å². The summed E-state index contributed by atoms with van der Waals surface area (Å²) in [6.45, 7) is 1.68. The van der Waals surface area contributed by atoms with Crippen molar-refractivity contribution in [3.8, 4) is 0 Å². The van der Waals surface area contributed by atoms with Crippen LogP contribution in [0.4, 0.5) is 13.2 Å². The molecule has 0 spiro atoms.